The van der Waals surface area contributed by atoms with E-state index in [1.807, 2.05) is 12.1 Å². The third-order valence-corrected chi connectivity index (χ3v) is 5.04. The summed E-state index contributed by atoms with van der Waals surface area (Å²) in [6.07, 6.45) is 4.62. The summed E-state index contributed by atoms with van der Waals surface area (Å²) >= 11 is 6.40. The van der Waals surface area contributed by atoms with Gasteiger partial charge in [0.2, 0.25) is 5.91 Å². The number of pyridine rings is 1. The number of anilines is 1. The Hall–Kier alpha value is -4.10. The van der Waals surface area contributed by atoms with Gasteiger partial charge in [-0.1, -0.05) is 23.7 Å². The molecule has 4 rings (SSSR count). The van der Waals surface area contributed by atoms with E-state index in [2.05, 4.69) is 10.3 Å². The number of carbonyl (C=O) groups excluding carboxylic acids is 1. The second kappa shape index (κ2) is 8.95. The number of rotatable bonds is 6. The van der Waals surface area contributed by atoms with Gasteiger partial charge in [0, 0.05) is 17.7 Å². The second-order valence-corrected chi connectivity index (χ2v) is 7.45. The monoisotopic (exact) mass is 447 g/mol. The Balaban J connectivity index is 1.47. The number of carboxylic acid groups (broad SMARTS) is 1. The van der Waals surface area contributed by atoms with Gasteiger partial charge >= 0.3 is 5.97 Å². The van der Waals surface area contributed by atoms with Gasteiger partial charge in [-0.25, -0.2) is 9.78 Å². The molecule has 2 aromatic heterocycles. The van der Waals surface area contributed by atoms with Crippen LogP contribution in [0.4, 0.5) is 5.82 Å². The number of aromatic nitrogens is 1. The molecule has 0 saturated carbocycles. The van der Waals surface area contributed by atoms with Crippen molar-refractivity contribution in [2.24, 2.45) is 0 Å². The fourth-order valence-corrected chi connectivity index (χ4v) is 3.41. The van der Waals surface area contributed by atoms with E-state index >= 15 is 0 Å². The van der Waals surface area contributed by atoms with Gasteiger partial charge in [0.25, 0.3) is 0 Å². The van der Waals surface area contributed by atoms with E-state index in [0.717, 1.165) is 22.1 Å². The van der Waals surface area contributed by atoms with E-state index in [0.29, 0.717) is 22.2 Å². The summed E-state index contributed by atoms with van der Waals surface area (Å²) in [6.45, 7) is 0.191. The van der Waals surface area contributed by atoms with E-state index in [1.54, 1.807) is 54.7 Å². The van der Waals surface area contributed by atoms with Crippen molar-refractivity contribution in [1.82, 2.24) is 10.3 Å². The van der Waals surface area contributed by atoms with E-state index in [4.69, 9.17) is 26.9 Å². The van der Waals surface area contributed by atoms with Gasteiger partial charge in [0.05, 0.1) is 17.1 Å². The molecule has 0 saturated heterocycles. The van der Waals surface area contributed by atoms with E-state index in [9.17, 15) is 9.59 Å². The highest BCUT2D eigenvalue weighted by Gasteiger charge is 2.12. The number of amides is 1. The van der Waals surface area contributed by atoms with E-state index in [1.165, 1.54) is 6.08 Å². The van der Waals surface area contributed by atoms with Crippen LogP contribution in [-0.2, 0) is 11.3 Å². The van der Waals surface area contributed by atoms with Gasteiger partial charge in [-0.3, -0.25) is 4.79 Å². The van der Waals surface area contributed by atoms with Crippen molar-refractivity contribution in [3.05, 3.63) is 88.8 Å². The number of carboxylic acids is 1. The molecule has 0 aliphatic rings. The Kier molecular flexibility index (Phi) is 5.91. The average molecular weight is 448 g/mol. The van der Waals surface area contributed by atoms with Gasteiger partial charge in [0.1, 0.15) is 11.6 Å². The predicted octanol–water partition coefficient (Wildman–Crippen LogP) is 4.76. The van der Waals surface area contributed by atoms with Crippen LogP contribution in [-0.4, -0.2) is 22.0 Å². The molecule has 0 atom stereocenters. The van der Waals surface area contributed by atoms with Gasteiger partial charge in [0.15, 0.2) is 5.58 Å². The lowest BCUT2D eigenvalue weighted by molar-refractivity contribution is -0.116. The SMILES string of the molecule is Nc1ccc(C=CC(=O)NCc2cc3cc(-c4ccc(C(=O)O)cc4)cc(Cl)c3o2)cn1. The molecule has 7 nitrogen and oxygen atoms in total. The van der Waals surface area contributed by atoms with Crippen molar-refractivity contribution in [3.63, 3.8) is 0 Å². The number of nitrogens with one attached hydrogen (secondary N) is 1. The summed E-state index contributed by atoms with van der Waals surface area (Å²) in [7, 11) is 0. The fourth-order valence-electron chi connectivity index (χ4n) is 3.14. The van der Waals surface area contributed by atoms with Crippen molar-refractivity contribution < 1.29 is 19.1 Å². The highest BCUT2D eigenvalue weighted by molar-refractivity contribution is 6.35. The Labute approximate surface area is 188 Å². The first kappa shape index (κ1) is 21.1. The zero-order valence-corrected chi connectivity index (χ0v) is 17.5. The molecule has 8 heteroatoms. The highest BCUT2D eigenvalue weighted by Crippen LogP contribution is 2.33. The average Bonchev–Trinajstić information content (AvgIpc) is 3.21. The molecular formula is C24H18ClN3O4. The molecule has 2 aromatic carbocycles. The van der Waals surface area contributed by atoms with Crippen LogP contribution in [0.3, 0.4) is 0 Å². The maximum absolute atomic E-state index is 12.1. The molecule has 1 amide bonds. The zero-order chi connectivity index (χ0) is 22.7. The summed E-state index contributed by atoms with van der Waals surface area (Å²) in [4.78, 5) is 27.1. The molecule has 0 unspecified atom stereocenters. The molecular weight excluding hydrogens is 430 g/mol. The van der Waals surface area contributed by atoms with Crippen LogP contribution in [0.2, 0.25) is 5.02 Å². The standard InChI is InChI=1S/C24H18ClN3O4/c25-20-11-17(15-3-5-16(6-4-15)24(30)31)9-18-10-19(32-23(18)20)13-28-22(29)8-2-14-1-7-21(26)27-12-14/h1-12H,13H2,(H2,26,27)(H,28,29)(H,30,31). The third-order valence-electron chi connectivity index (χ3n) is 4.76. The van der Waals surface area contributed by atoms with Crippen molar-refractivity contribution in [1.29, 1.82) is 0 Å². The first-order valence-electron chi connectivity index (χ1n) is 9.62. The molecule has 0 aliphatic heterocycles. The Morgan fingerprint density at radius 1 is 1.09 bits per heavy atom. The van der Waals surface area contributed by atoms with Crippen molar-refractivity contribution in [2.45, 2.75) is 6.54 Å². The lowest BCUT2D eigenvalue weighted by Gasteiger charge is -2.04. The second-order valence-electron chi connectivity index (χ2n) is 7.04. The Morgan fingerprint density at radius 3 is 2.56 bits per heavy atom. The topological polar surface area (TPSA) is 118 Å². The van der Waals surface area contributed by atoms with Crippen LogP contribution >= 0.6 is 11.6 Å². The third kappa shape index (κ3) is 4.79. The van der Waals surface area contributed by atoms with Crippen LogP contribution < -0.4 is 11.1 Å². The Morgan fingerprint density at radius 2 is 1.88 bits per heavy atom. The minimum Gasteiger partial charge on any atom is -0.478 e. The molecule has 0 fully saturated rings. The van der Waals surface area contributed by atoms with E-state index in [-0.39, 0.29) is 18.0 Å². The predicted molar refractivity (Wildman–Crippen MR) is 123 cm³/mol. The summed E-state index contributed by atoms with van der Waals surface area (Å²) in [5, 5.41) is 13.0. The molecule has 0 spiro atoms. The number of hydrogen-bond acceptors (Lipinski definition) is 5. The molecule has 0 aliphatic carbocycles. The number of carbonyl (C=O) groups is 2. The number of nitrogen functional groups attached to an aromatic ring is 1. The number of halogens is 1. The first-order valence-corrected chi connectivity index (χ1v) is 10.00. The van der Waals surface area contributed by atoms with Crippen LogP contribution in [0.1, 0.15) is 21.7 Å². The van der Waals surface area contributed by atoms with Gasteiger partial charge in [-0.05, 0) is 65.2 Å². The summed E-state index contributed by atoms with van der Waals surface area (Å²) in [5.74, 6) is -0.300. The number of hydrogen-bond donors (Lipinski definition) is 3. The van der Waals surface area contributed by atoms with Crippen LogP contribution in [0.25, 0.3) is 28.2 Å². The van der Waals surface area contributed by atoms with Crippen molar-refractivity contribution >= 4 is 46.3 Å². The molecule has 160 valence electrons. The number of nitrogens with two attached hydrogens (primary N) is 1. The molecule has 2 heterocycles. The highest BCUT2D eigenvalue weighted by atomic mass is 35.5. The number of fused-ring (bicyclic) bond motifs is 1. The van der Waals surface area contributed by atoms with Crippen LogP contribution in [0.5, 0.6) is 0 Å². The first-order chi connectivity index (χ1) is 15.4. The van der Waals surface area contributed by atoms with E-state index < -0.39 is 5.97 Å². The van der Waals surface area contributed by atoms with Crippen LogP contribution in [0.15, 0.2) is 71.3 Å². The minimum absolute atomic E-state index is 0.191. The van der Waals surface area contributed by atoms with Gasteiger partial charge in [-0.2, -0.15) is 0 Å². The van der Waals surface area contributed by atoms with Gasteiger partial charge in [-0.15, -0.1) is 0 Å². The maximum atomic E-state index is 12.1. The smallest absolute Gasteiger partial charge is 0.335 e. The summed E-state index contributed by atoms with van der Waals surface area (Å²) in [5.41, 5.74) is 8.69. The molecule has 0 radical (unpaired) electrons. The number of aromatic carboxylic acids is 1. The number of furan rings is 1. The Bertz CT molecular complexity index is 1330. The maximum Gasteiger partial charge on any atom is 0.335 e. The summed E-state index contributed by atoms with van der Waals surface area (Å²) in [6, 6.07) is 15.4. The number of nitrogens with zero attached hydrogens (tertiary/aromatic N) is 1. The zero-order valence-electron chi connectivity index (χ0n) is 16.7. The minimum atomic E-state index is -0.980. The largest absolute Gasteiger partial charge is 0.478 e. The molecule has 0 bridgehead atoms. The molecule has 32 heavy (non-hydrogen) atoms. The molecule has 4 N–H and O–H groups in total. The van der Waals surface area contributed by atoms with Crippen LogP contribution in [0, 0.1) is 0 Å². The number of benzene rings is 2. The fraction of sp³-hybridized carbons (Fsp3) is 0.0417. The van der Waals surface area contributed by atoms with Crippen molar-refractivity contribution in [3.8, 4) is 11.1 Å². The molecule has 4 aromatic rings. The quantitative estimate of drug-likeness (QED) is 0.367. The van der Waals surface area contributed by atoms with Gasteiger partial charge < -0.3 is 20.6 Å². The normalized spacial score (nSPS) is 11.2. The van der Waals surface area contributed by atoms with Crippen molar-refractivity contribution in [2.75, 3.05) is 5.73 Å². The summed E-state index contributed by atoms with van der Waals surface area (Å²) < 4.78 is 5.79. The lowest BCUT2D eigenvalue weighted by Crippen LogP contribution is -2.19. The lowest BCUT2D eigenvalue weighted by atomic mass is 10.0.